The summed E-state index contributed by atoms with van der Waals surface area (Å²) in [5.74, 6) is 0.918. The Morgan fingerprint density at radius 1 is 0.926 bits per heavy atom. The van der Waals surface area contributed by atoms with Crippen molar-refractivity contribution in [3.05, 3.63) is 66.2 Å². The number of nitrogens with zero attached hydrogens (tertiary/aromatic N) is 4. The summed E-state index contributed by atoms with van der Waals surface area (Å²) in [6.07, 6.45) is 4.14. The Balaban J connectivity index is 0.00000210. The van der Waals surface area contributed by atoms with Crippen molar-refractivity contribution in [3.63, 3.8) is 0 Å². The molecule has 0 spiro atoms. The molecule has 1 aromatic heterocycles. The molecule has 0 aliphatic carbocycles. The number of hydrogen-bond donors (Lipinski definition) is 1. The highest BCUT2D eigenvalue weighted by molar-refractivity contribution is 8.03. The highest BCUT2D eigenvalue weighted by Gasteiger charge is 2.33. The summed E-state index contributed by atoms with van der Waals surface area (Å²) in [6.45, 7) is 0. The van der Waals surface area contributed by atoms with E-state index < -0.39 is 0 Å². The maximum Gasteiger partial charge on any atom is 0.277 e. The first-order valence-corrected chi connectivity index (χ1v) is 11.3. The maximum atomic E-state index is 4.86. The molecule has 1 aliphatic heterocycles. The molecule has 0 fully saturated rings. The van der Waals surface area contributed by atoms with Crippen LogP contribution in [0, 0.1) is 0 Å². The normalized spacial score (nSPS) is 13.5. The second kappa shape index (κ2) is 9.11. The number of thiazole rings is 1. The molecule has 5 nitrogen and oxygen atoms in total. The van der Waals surface area contributed by atoms with Gasteiger partial charge in [-0.1, -0.05) is 58.0 Å². The predicted octanol–water partition coefficient (Wildman–Crippen LogP) is 0.673. The lowest BCUT2D eigenvalue weighted by Crippen LogP contribution is -3.00. The van der Waals surface area contributed by atoms with E-state index in [1.165, 1.54) is 4.21 Å². The zero-order valence-electron chi connectivity index (χ0n) is 14.7. The highest BCUT2D eigenvalue weighted by Crippen LogP contribution is 2.38. The van der Waals surface area contributed by atoms with Crippen LogP contribution in [-0.4, -0.2) is 23.3 Å². The second-order valence-electron chi connectivity index (χ2n) is 5.45. The predicted molar refractivity (Wildman–Crippen MR) is 112 cm³/mol. The minimum Gasteiger partial charge on any atom is -1.00 e. The average molecular weight is 480 g/mol. The van der Waals surface area contributed by atoms with Crippen molar-refractivity contribution >= 4 is 51.5 Å². The number of halogens is 1. The molecule has 2 aromatic carbocycles. The van der Waals surface area contributed by atoms with Crippen molar-refractivity contribution < 1.29 is 22.4 Å². The molecule has 9 heteroatoms. The third-order valence-electron chi connectivity index (χ3n) is 3.85. The van der Waals surface area contributed by atoms with E-state index in [0.717, 1.165) is 27.2 Å². The lowest BCUT2D eigenvalue weighted by atomic mass is 10.2. The van der Waals surface area contributed by atoms with Crippen LogP contribution in [0.4, 0.5) is 10.8 Å². The largest absolute Gasteiger partial charge is 1.00 e. The van der Waals surface area contributed by atoms with Crippen molar-refractivity contribution in [3.8, 4) is 0 Å². The van der Waals surface area contributed by atoms with Gasteiger partial charge in [-0.3, -0.25) is 0 Å². The summed E-state index contributed by atoms with van der Waals surface area (Å²) >= 11 is 5.06. The maximum absolute atomic E-state index is 4.86. The van der Waals surface area contributed by atoms with E-state index in [1.54, 1.807) is 34.9 Å². The second-order valence-corrected chi connectivity index (χ2v) is 8.29. The number of para-hydroxylation sites is 1. The van der Waals surface area contributed by atoms with Crippen LogP contribution in [0.1, 0.15) is 5.56 Å². The number of quaternary nitrogens is 1. The van der Waals surface area contributed by atoms with Crippen LogP contribution in [0.2, 0.25) is 0 Å². The molecule has 0 saturated heterocycles. The van der Waals surface area contributed by atoms with Crippen LogP contribution in [0.3, 0.4) is 0 Å². The molecule has 3 aromatic rings. The average Bonchev–Trinajstić information content (AvgIpc) is 3.33. The van der Waals surface area contributed by atoms with E-state index in [4.69, 9.17) is 10.1 Å². The number of aromatic nitrogens is 1. The topological polar surface area (TPSA) is 48.3 Å². The summed E-state index contributed by atoms with van der Waals surface area (Å²) in [5, 5.41) is 10.7. The van der Waals surface area contributed by atoms with Crippen LogP contribution < -0.4 is 32.6 Å². The summed E-state index contributed by atoms with van der Waals surface area (Å²) in [7, 11) is 0. The van der Waals surface area contributed by atoms with Gasteiger partial charge in [-0.2, -0.15) is 5.43 Å². The molecule has 4 rings (SSSR count). The zero-order chi connectivity index (χ0) is 17.9. The van der Waals surface area contributed by atoms with E-state index in [-0.39, 0.29) is 17.0 Å². The Bertz CT molecular complexity index is 896. The number of anilines is 2. The Morgan fingerprint density at radius 3 is 2.19 bits per heavy atom. The molecule has 0 amide bonds. The van der Waals surface area contributed by atoms with Crippen LogP contribution in [-0.2, 0) is 0 Å². The van der Waals surface area contributed by atoms with E-state index >= 15 is 0 Å². The van der Waals surface area contributed by atoms with Gasteiger partial charge in [0.15, 0.2) is 0 Å². The van der Waals surface area contributed by atoms with Gasteiger partial charge in [0.1, 0.15) is 10.7 Å². The molecule has 1 aliphatic rings. The first kappa shape index (κ1) is 20.2. The Hall–Kier alpha value is -1.52. The molecule has 0 bridgehead atoms. The van der Waals surface area contributed by atoms with Crippen LogP contribution in [0.5, 0.6) is 0 Å². The van der Waals surface area contributed by atoms with E-state index in [2.05, 4.69) is 47.3 Å². The number of benzene rings is 2. The summed E-state index contributed by atoms with van der Waals surface area (Å²) in [5.41, 5.74) is 4.19. The fourth-order valence-corrected chi connectivity index (χ4v) is 5.31. The Labute approximate surface area is 181 Å². The molecule has 2 N–H and O–H groups in total. The van der Waals surface area contributed by atoms with E-state index in [0.29, 0.717) is 0 Å². The number of nitrogens with two attached hydrogens (primary N) is 1. The van der Waals surface area contributed by atoms with E-state index in [1.807, 2.05) is 41.5 Å². The lowest BCUT2D eigenvalue weighted by Gasteiger charge is -2.21. The minimum atomic E-state index is 0. The quantitative estimate of drug-likeness (QED) is 0.430. The van der Waals surface area contributed by atoms with Gasteiger partial charge >= 0.3 is 0 Å². The number of hydrazone groups is 1. The van der Waals surface area contributed by atoms with Crippen molar-refractivity contribution in [2.75, 3.05) is 22.7 Å². The molecule has 2 heterocycles. The fourth-order valence-electron chi connectivity index (χ4n) is 2.61. The highest BCUT2D eigenvalue weighted by atomic mass is 79.9. The van der Waals surface area contributed by atoms with Crippen molar-refractivity contribution in [1.29, 1.82) is 0 Å². The van der Waals surface area contributed by atoms with Gasteiger partial charge in [0.05, 0.1) is 9.77 Å². The van der Waals surface area contributed by atoms with Crippen molar-refractivity contribution in [2.45, 2.75) is 9.24 Å². The minimum absolute atomic E-state index is 0. The lowest BCUT2D eigenvalue weighted by molar-refractivity contribution is -0.545. The molecule has 0 atom stereocenters. The third-order valence-corrected chi connectivity index (χ3v) is 6.92. The van der Waals surface area contributed by atoms with Gasteiger partial charge in [0, 0.05) is 0 Å². The SMILES string of the molecule is CSc1nc(N2N=C(c3ccccc3)[NH2+]N2c2ccccc2)sc1SC.[Br-]. The number of hydrazine groups is 1. The third kappa shape index (κ3) is 4.17. The summed E-state index contributed by atoms with van der Waals surface area (Å²) < 4.78 is 1.21. The smallest absolute Gasteiger partial charge is 0.277 e. The van der Waals surface area contributed by atoms with Gasteiger partial charge in [-0.05, 0) is 36.8 Å². The Morgan fingerprint density at radius 2 is 1.59 bits per heavy atom. The Kier molecular flexibility index (Phi) is 6.83. The van der Waals surface area contributed by atoms with Gasteiger partial charge in [0.25, 0.3) is 5.84 Å². The monoisotopic (exact) mass is 479 g/mol. The van der Waals surface area contributed by atoms with Crippen LogP contribution in [0.15, 0.2) is 75.0 Å². The first-order chi connectivity index (χ1) is 12.8. The van der Waals surface area contributed by atoms with Gasteiger partial charge < -0.3 is 17.0 Å². The molecule has 0 saturated carbocycles. The molecule has 0 radical (unpaired) electrons. The fraction of sp³-hybridized carbons (Fsp3) is 0.111. The summed E-state index contributed by atoms with van der Waals surface area (Å²) in [4.78, 5) is 4.80. The van der Waals surface area contributed by atoms with Gasteiger partial charge in [0.2, 0.25) is 5.13 Å². The molecule has 0 unspecified atom stereocenters. The first-order valence-electron chi connectivity index (χ1n) is 8.02. The molecule has 27 heavy (non-hydrogen) atoms. The molecule has 140 valence electrons. The number of hydrogen-bond acceptors (Lipinski definition) is 7. The molecular weight excluding hydrogens is 462 g/mol. The van der Waals surface area contributed by atoms with Crippen molar-refractivity contribution in [1.82, 2.24) is 4.98 Å². The number of rotatable bonds is 5. The molecular formula is C18H18BrN5S3. The standard InChI is InChI=1S/C18H17N5S3.BrH/c1-24-16-17(25-2)26-18(19-16)23-21-15(13-9-5-3-6-10-13)20-22(23)14-11-7-4-8-12-14;/h3-12H,1-2H3,(H,20,21);1H. The zero-order valence-corrected chi connectivity index (χ0v) is 18.8. The van der Waals surface area contributed by atoms with Gasteiger partial charge in [-0.15, -0.1) is 28.6 Å². The van der Waals surface area contributed by atoms with Gasteiger partial charge in [-0.25, -0.2) is 4.98 Å². The van der Waals surface area contributed by atoms with Crippen LogP contribution in [0.25, 0.3) is 0 Å². The van der Waals surface area contributed by atoms with Crippen LogP contribution >= 0.6 is 34.9 Å². The summed E-state index contributed by atoms with van der Waals surface area (Å²) in [6, 6.07) is 20.5. The van der Waals surface area contributed by atoms with Crippen molar-refractivity contribution in [2.24, 2.45) is 5.10 Å². The number of thioether (sulfide) groups is 2. The number of amidine groups is 1. The van der Waals surface area contributed by atoms with E-state index in [9.17, 15) is 0 Å².